The molecule has 4 nitrogen and oxygen atoms in total. The predicted octanol–water partition coefficient (Wildman–Crippen LogP) is 2.03. The van der Waals surface area contributed by atoms with Crippen LogP contribution in [0.2, 0.25) is 0 Å². The van der Waals surface area contributed by atoms with Crippen molar-refractivity contribution < 1.29 is 9.53 Å². The van der Waals surface area contributed by atoms with Crippen molar-refractivity contribution in [3.8, 4) is 5.75 Å². The molecular weight excluding hydrogens is 284 g/mol. The van der Waals surface area contributed by atoms with Gasteiger partial charge in [-0.3, -0.25) is 4.79 Å². The van der Waals surface area contributed by atoms with Crippen molar-refractivity contribution in [3.63, 3.8) is 0 Å². The molecule has 5 heteroatoms. The largest absolute Gasteiger partial charge is 0.484 e. The number of amides is 1. The van der Waals surface area contributed by atoms with E-state index in [2.05, 4.69) is 15.9 Å². The topological polar surface area (TPSA) is 55.6 Å². The van der Waals surface area contributed by atoms with Crippen molar-refractivity contribution >= 4 is 27.5 Å². The minimum Gasteiger partial charge on any atom is -0.484 e. The van der Waals surface area contributed by atoms with E-state index in [1.54, 1.807) is 23.1 Å². The zero-order valence-electron chi connectivity index (χ0n) is 9.65. The summed E-state index contributed by atoms with van der Waals surface area (Å²) in [5.74, 6) is 0.612. The molecule has 0 atom stereocenters. The number of nitrogen functional groups attached to an aromatic ring is 1. The summed E-state index contributed by atoms with van der Waals surface area (Å²) in [6.45, 7) is 0.0584. The SMILES string of the molecule is CN(C(=O)COc1cc(N)cc(Br)c1)C1CC1. The van der Waals surface area contributed by atoms with Gasteiger partial charge in [-0.2, -0.15) is 0 Å². The van der Waals surface area contributed by atoms with E-state index in [1.807, 2.05) is 7.05 Å². The highest BCUT2D eigenvalue weighted by atomic mass is 79.9. The molecule has 1 saturated carbocycles. The van der Waals surface area contributed by atoms with Gasteiger partial charge in [0.25, 0.3) is 5.91 Å². The summed E-state index contributed by atoms with van der Waals surface area (Å²) in [6.07, 6.45) is 2.21. The number of ether oxygens (including phenoxy) is 1. The number of hydrogen-bond donors (Lipinski definition) is 1. The molecule has 0 bridgehead atoms. The van der Waals surface area contributed by atoms with E-state index < -0.39 is 0 Å². The third kappa shape index (κ3) is 3.36. The number of nitrogens with zero attached hydrogens (tertiary/aromatic N) is 1. The normalized spacial score (nSPS) is 14.5. The van der Waals surface area contributed by atoms with Gasteiger partial charge >= 0.3 is 0 Å². The van der Waals surface area contributed by atoms with Crippen molar-refractivity contribution in [2.75, 3.05) is 19.4 Å². The Labute approximate surface area is 109 Å². The van der Waals surface area contributed by atoms with Crippen LogP contribution in [0.15, 0.2) is 22.7 Å². The van der Waals surface area contributed by atoms with Gasteiger partial charge in [-0.1, -0.05) is 15.9 Å². The second kappa shape index (κ2) is 4.96. The van der Waals surface area contributed by atoms with E-state index in [9.17, 15) is 4.79 Å². The van der Waals surface area contributed by atoms with Crippen LogP contribution in [0.3, 0.4) is 0 Å². The van der Waals surface area contributed by atoms with Gasteiger partial charge in [-0.05, 0) is 25.0 Å². The smallest absolute Gasteiger partial charge is 0.260 e. The Morgan fingerprint density at radius 2 is 2.24 bits per heavy atom. The standard InChI is InChI=1S/C12H15BrN2O2/c1-15(10-2-3-10)12(16)7-17-11-5-8(13)4-9(14)6-11/h4-6,10H,2-3,7,14H2,1H3. The summed E-state index contributed by atoms with van der Waals surface area (Å²) < 4.78 is 6.27. The average molecular weight is 299 g/mol. The van der Waals surface area contributed by atoms with Crippen LogP contribution in [-0.4, -0.2) is 30.5 Å². The zero-order chi connectivity index (χ0) is 12.4. The van der Waals surface area contributed by atoms with Gasteiger partial charge < -0.3 is 15.4 Å². The first kappa shape index (κ1) is 12.2. The van der Waals surface area contributed by atoms with Crippen LogP contribution in [0.4, 0.5) is 5.69 Å². The van der Waals surface area contributed by atoms with Gasteiger partial charge in [-0.15, -0.1) is 0 Å². The van der Waals surface area contributed by atoms with Crippen LogP contribution in [0.5, 0.6) is 5.75 Å². The predicted molar refractivity (Wildman–Crippen MR) is 69.8 cm³/mol. The Morgan fingerprint density at radius 3 is 2.82 bits per heavy atom. The summed E-state index contributed by atoms with van der Waals surface area (Å²) in [5, 5.41) is 0. The molecule has 2 N–H and O–H groups in total. The quantitative estimate of drug-likeness (QED) is 0.866. The molecule has 92 valence electrons. The summed E-state index contributed by atoms with van der Waals surface area (Å²) in [4.78, 5) is 13.5. The maximum Gasteiger partial charge on any atom is 0.260 e. The maximum absolute atomic E-state index is 11.7. The fourth-order valence-corrected chi connectivity index (χ4v) is 2.07. The lowest BCUT2D eigenvalue weighted by Gasteiger charge is -2.16. The lowest BCUT2D eigenvalue weighted by molar-refractivity contribution is -0.132. The van der Waals surface area contributed by atoms with Crippen LogP contribution in [0.25, 0.3) is 0 Å². The fourth-order valence-electron chi connectivity index (χ4n) is 1.58. The van der Waals surface area contributed by atoms with Gasteiger partial charge in [0.1, 0.15) is 5.75 Å². The molecule has 0 saturated heterocycles. The molecule has 0 unspecified atom stereocenters. The Bertz CT molecular complexity index is 412. The molecule has 1 aromatic rings. The number of halogens is 1. The second-order valence-corrected chi connectivity index (χ2v) is 5.16. The molecular formula is C12H15BrN2O2. The molecule has 2 rings (SSSR count). The molecule has 0 heterocycles. The van der Waals surface area contributed by atoms with Crippen LogP contribution in [0, 0.1) is 0 Å². The lowest BCUT2D eigenvalue weighted by Crippen LogP contribution is -2.33. The maximum atomic E-state index is 11.7. The zero-order valence-corrected chi connectivity index (χ0v) is 11.2. The van der Waals surface area contributed by atoms with E-state index in [0.29, 0.717) is 17.5 Å². The van der Waals surface area contributed by atoms with Crippen LogP contribution in [-0.2, 0) is 4.79 Å². The molecule has 1 fully saturated rings. The molecule has 0 radical (unpaired) electrons. The Hall–Kier alpha value is -1.23. The molecule has 17 heavy (non-hydrogen) atoms. The number of benzene rings is 1. The fraction of sp³-hybridized carbons (Fsp3) is 0.417. The van der Waals surface area contributed by atoms with Crippen molar-refractivity contribution in [1.29, 1.82) is 0 Å². The molecule has 1 amide bonds. The minimum atomic E-state index is 0.00560. The summed E-state index contributed by atoms with van der Waals surface area (Å²) >= 11 is 3.33. The second-order valence-electron chi connectivity index (χ2n) is 4.24. The monoisotopic (exact) mass is 298 g/mol. The first-order valence-electron chi connectivity index (χ1n) is 5.51. The highest BCUT2D eigenvalue weighted by Crippen LogP contribution is 2.26. The molecule has 0 aromatic heterocycles. The highest BCUT2D eigenvalue weighted by molar-refractivity contribution is 9.10. The third-order valence-corrected chi connectivity index (χ3v) is 3.20. The summed E-state index contributed by atoms with van der Waals surface area (Å²) in [6, 6.07) is 5.69. The van der Waals surface area contributed by atoms with E-state index in [1.165, 1.54) is 0 Å². The van der Waals surface area contributed by atoms with E-state index >= 15 is 0 Å². The first-order valence-corrected chi connectivity index (χ1v) is 6.30. The third-order valence-electron chi connectivity index (χ3n) is 2.74. The van der Waals surface area contributed by atoms with Crippen LogP contribution in [0.1, 0.15) is 12.8 Å². The van der Waals surface area contributed by atoms with Crippen molar-refractivity contribution in [2.45, 2.75) is 18.9 Å². The number of likely N-dealkylation sites (N-methyl/N-ethyl adjacent to an activating group) is 1. The number of carbonyl (C=O) groups is 1. The summed E-state index contributed by atoms with van der Waals surface area (Å²) in [7, 11) is 1.82. The van der Waals surface area contributed by atoms with Crippen molar-refractivity contribution in [3.05, 3.63) is 22.7 Å². The van der Waals surface area contributed by atoms with Crippen molar-refractivity contribution in [2.24, 2.45) is 0 Å². The Morgan fingerprint density at radius 1 is 1.53 bits per heavy atom. The van der Waals surface area contributed by atoms with Gasteiger partial charge in [0.2, 0.25) is 0 Å². The number of anilines is 1. The lowest BCUT2D eigenvalue weighted by atomic mass is 10.3. The number of nitrogens with two attached hydrogens (primary N) is 1. The van der Waals surface area contributed by atoms with E-state index in [-0.39, 0.29) is 12.5 Å². The molecule has 1 aliphatic rings. The van der Waals surface area contributed by atoms with E-state index in [0.717, 1.165) is 17.3 Å². The summed E-state index contributed by atoms with van der Waals surface area (Å²) in [5.41, 5.74) is 6.29. The average Bonchev–Trinajstić information content (AvgIpc) is 3.07. The Kier molecular flexibility index (Phi) is 3.57. The first-order chi connectivity index (χ1) is 8.06. The minimum absolute atomic E-state index is 0.00560. The van der Waals surface area contributed by atoms with Gasteiger partial charge in [0.15, 0.2) is 6.61 Å². The molecule has 0 aliphatic heterocycles. The van der Waals surface area contributed by atoms with Gasteiger partial charge in [0.05, 0.1) is 0 Å². The molecule has 0 spiro atoms. The van der Waals surface area contributed by atoms with Gasteiger partial charge in [0, 0.05) is 29.3 Å². The number of carbonyl (C=O) groups excluding carboxylic acids is 1. The number of rotatable bonds is 4. The number of hydrogen-bond acceptors (Lipinski definition) is 3. The van der Waals surface area contributed by atoms with E-state index in [4.69, 9.17) is 10.5 Å². The molecule has 1 aliphatic carbocycles. The van der Waals surface area contributed by atoms with Crippen LogP contribution < -0.4 is 10.5 Å². The van der Waals surface area contributed by atoms with Crippen molar-refractivity contribution in [1.82, 2.24) is 4.90 Å². The molecule has 1 aromatic carbocycles. The van der Waals surface area contributed by atoms with Gasteiger partial charge in [-0.25, -0.2) is 0 Å². The van der Waals surface area contributed by atoms with Crippen LogP contribution >= 0.6 is 15.9 Å². The Balaban J connectivity index is 1.90. The highest BCUT2D eigenvalue weighted by Gasteiger charge is 2.29.